The van der Waals surface area contributed by atoms with Crippen LogP contribution in [0.1, 0.15) is 49.5 Å². The van der Waals surface area contributed by atoms with E-state index < -0.39 is 70.0 Å². The van der Waals surface area contributed by atoms with E-state index in [0.29, 0.717) is 31.6 Å². The Labute approximate surface area is 256 Å². The number of anilines is 2. The van der Waals surface area contributed by atoms with Gasteiger partial charge in [-0.1, -0.05) is 0 Å². The van der Waals surface area contributed by atoms with Crippen molar-refractivity contribution in [1.82, 2.24) is 4.90 Å². The summed E-state index contributed by atoms with van der Waals surface area (Å²) in [6.45, 7) is 0.644. The molecule has 3 N–H and O–H groups in total. The molecule has 0 bridgehead atoms. The molecule has 16 heteroatoms. The predicted molar refractivity (Wildman–Crippen MR) is 149 cm³/mol. The Kier molecular flexibility index (Phi) is 8.75. The van der Waals surface area contributed by atoms with E-state index >= 15 is 0 Å². The number of methoxy groups -OCH3 is 1. The lowest BCUT2D eigenvalue weighted by molar-refractivity contribution is -0.286. The molecule has 3 aromatic carbocycles. The average Bonchev–Trinajstić information content (AvgIpc) is 3.32. The Bertz CT molecular complexity index is 1700. The van der Waals surface area contributed by atoms with Crippen molar-refractivity contribution in [1.29, 1.82) is 0 Å². The largest absolute Gasteiger partial charge is 0.586 e. The maximum atomic E-state index is 13.8. The number of nitrogens with zero attached hydrogens (tertiary/aromatic N) is 1. The van der Waals surface area contributed by atoms with Gasteiger partial charge < -0.3 is 34.9 Å². The van der Waals surface area contributed by atoms with E-state index in [2.05, 4.69) is 20.1 Å². The summed E-state index contributed by atoms with van der Waals surface area (Å²) in [7, 11) is 1.25. The number of amides is 3. The van der Waals surface area contributed by atoms with Gasteiger partial charge in [-0.2, -0.15) is 13.2 Å². The summed E-state index contributed by atoms with van der Waals surface area (Å²) in [5, 5.41) is 14.0. The van der Waals surface area contributed by atoms with Crippen LogP contribution in [0.2, 0.25) is 0 Å². The third-order valence-corrected chi connectivity index (χ3v) is 7.32. The molecule has 5 rings (SSSR count). The van der Waals surface area contributed by atoms with Crippen molar-refractivity contribution in [2.24, 2.45) is 5.92 Å². The van der Waals surface area contributed by atoms with Gasteiger partial charge in [0.15, 0.2) is 11.5 Å². The summed E-state index contributed by atoms with van der Waals surface area (Å²) in [6, 6.07) is 7.31. The SMILES string of the molecule is COc1ccc(C(=O)N2CCCC(CO)C2)cc1C(=O)Nc1cc2c(cc1C(=O)Nc1ccc(F)c(C(F)(F)F)c1)OC(F)(F)O2. The molecule has 46 heavy (non-hydrogen) atoms. The van der Waals surface area contributed by atoms with E-state index in [4.69, 9.17) is 4.74 Å². The maximum absolute atomic E-state index is 13.8. The molecular formula is C30H25F6N3O7. The monoisotopic (exact) mass is 653 g/mol. The van der Waals surface area contributed by atoms with E-state index in [1.54, 1.807) is 0 Å². The number of benzene rings is 3. The molecule has 2 aliphatic heterocycles. The lowest BCUT2D eigenvalue weighted by atomic mass is 9.98. The van der Waals surface area contributed by atoms with Crippen LogP contribution in [-0.2, 0) is 6.18 Å². The van der Waals surface area contributed by atoms with Crippen LogP contribution in [0.15, 0.2) is 48.5 Å². The van der Waals surface area contributed by atoms with Crippen molar-refractivity contribution in [3.05, 3.63) is 76.6 Å². The minimum atomic E-state index is -5.09. The van der Waals surface area contributed by atoms with Crippen molar-refractivity contribution < 1.29 is 60.0 Å². The number of carbonyl (C=O) groups excluding carboxylic acids is 3. The highest BCUT2D eigenvalue weighted by Crippen LogP contribution is 2.44. The van der Waals surface area contributed by atoms with Crippen LogP contribution < -0.4 is 24.8 Å². The Morgan fingerprint density at radius 1 is 1.00 bits per heavy atom. The molecule has 3 amide bonds. The number of ether oxygens (including phenoxy) is 3. The summed E-state index contributed by atoms with van der Waals surface area (Å²) in [4.78, 5) is 41.5. The Balaban J connectivity index is 1.47. The van der Waals surface area contributed by atoms with Gasteiger partial charge in [0.25, 0.3) is 17.7 Å². The van der Waals surface area contributed by atoms with Gasteiger partial charge in [-0.05, 0) is 61.2 Å². The molecule has 0 spiro atoms. The first-order valence-electron chi connectivity index (χ1n) is 13.7. The molecular weight excluding hydrogens is 628 g/mol. The van der Waals surface area contributed by atoms with Gasteiger partial charge in [0, 0.05) is 37.0 Å². The van der Waals surface area contributed by atoms with Crippen LogP contribution in [0, 0.1) is 11.7 Å². The van der Waals surface area contributed by atoms with Gasteiger partial charge in [-0.3, -0.25) is 14.4 Å². The number of fused-ring (bicyclic) bond motifs is 1. The number of carbonyl (C=O) groups is 3. The summed E-state index contributed by atoms with van der Waals surface area (Å²) in [6.07, 6.45) is -7.79. The zero-order valence-corrected chi connectivity index (χ0v) is 23.8. The van der Waals surface area contributed by atoms with E-state index in [1.807, 2.05) is 0 Å². The number of aliphatic hydroxyl groups is 1. The second-order valence-corrected chi connectivity index (χ2v) is 10.5. The van der Waals surface area contributed by atoms with Crippen LogP contribution in [-0.4, -0.2) is 60.8 Å². The van der Waals surface area contributed by atoms with Gasteiger partial charge in [0.2, 0.25) is 0 Å². The van der Waals surface area contributed by atoms with Crippen LogP contribution in [0.3, 0.4) is 0 Å². The van der Waals surface area contributed by atoms with Crippen molar-refractivity contribution in [3.8, 4) is 17.2 Å². The second-order valence-electron chi connectivity index (χ2n) is 10.5. The molecule has 3 aromatic rings. The van der Waals surface area contributed by atoms with Gasteiger partial charge in [-0.25, -0.2) is 4.39 Å². The number of piperidine rings is 1. The first-order chi connectivity index (χ1) is 21.7. The van der Waals surface area contributed by atoms with E-state index in [0.717, 1.165) is 24.6 Å². The highest BCUT2D eigenvalue weighted by molar-refractivity contribution is 6.14. The van der Waals surface area contributed by atoms with E-state index in [9.17, 15) is 45.8 Å². The average molecular weight is 654 g/mol. The first kappa shape index (κ1) is 32.4. The van der Waals surface area contributed by atoms with Crippen molar-refractivity contribution in [2.45, 2.75) is 25.3 Å². The molecule has 1 atom stereocenters. The number of alkyl halides is 5. The highest BCUT2D eigenvalue weighted by atomic mass is 19.4. The molecule has 0 saturated carbocycles. The summed E-state index contributed by atoms with van der Waals surface area (Å²) < 4.78 is 95.2. The summed E-state index contributed by atoms with van der Waals surface area (Å²) >= 11 is 0. The fourth-order valence-electron chi connectivity index (χ4n) is 5.10. The minimum absolute atomic E-state index is 0.00481. The normalized spacial score (nSPS) is 17.0. The lowest BCUT2D eigenvalue weighted by Gasteiger charge is -2.32. The van der Waals surface area contributed by atoms with E-state index in [-0.39, 0.29) is 29.4 Å². The molecule has 1 fully saturated rings. The van der Waals surface area contributed by atoms with Crippen molar-refractivity contribution >= 4 is 29.1 Å². The smallest absolute Gasteiger partial charge is 0.496 e. The van der Waals surface area contributed by atoms with Gasteiger partial charge in [0.05, 0.1) is 29.5 Å². The van der Waals surface area contributed by atoms with E-state index in [1.165, 1.54) is 30.2 Å². The Morgan fingerprint density at radius 2 is 1.70 bits per heavy atom. The summed E-state index contributed by atoms with van der Waals surface area (Å²) in [5.41, 5.74) is -3.21. The number of likely N-dealkylation sites (tertiary alicyclic amines) is 1. The Hall–Kier alpha value is -4.99. The number of rotatable bonds is 7. The number of halogens is 6. The fraction of sp³-hybridized carbons (Fsp3) is 0.300. The molecule has 1 saturated heterocycles. The number of hydrogen-bond acceptors (Lipinski definition) is 7. The van der Waals surface area contributed by atoms with Crippen LogP contribution in [0.4, 0.5) is 37.7 Å². The predicted octanol–water partition coefficient (Wildman–Crippen LogP) is 5.52. The van der Waals surface area contributed by atoms with Gasteiger partial charge in [0.1, 0.15) is 11.6 Å². The van der Waals surface area contributed by atoms with Crippen LogP contribution >= 0.6 is 0 Å². The van der Waals surface area contributed by atoms with Crippen molar-refractivity contribution in [3.63, 3.8) is 0 Å². The molecule has 1 unspecified atom stereocenters. The van der Waals surface area contributed by atoms with Gasteiger partial charge in [-0.15, -0.1) is 8.78 Å². The van der Waals surface area contributed by atoms with Crippen LogP contribution in [0.5, 0.6) is 17.2 Å². The van der Waals surface area contributed by atoms with Gasteiger partial charge >= 0.3 is 12.5 Å². The van der Waals surface area contributed by atoms with Crippen molar-refractivity contribution in [2.75, 3.05) is 37.4 Å². The standard InChI is InChI=1S/C30H25F6N3O7/c1-44-23-7-4-16(28(43)39-8-2-3-15(13-39)14-40)9-19(23)27(42)38-22-12-25-24(45-30(35,36)46-25)11-18(22)26(41)37-17-5-6-21(31)20(10-17)29(32,33)34/h4-7,9-12,15,40H,2-3,8,13-14H2,1H3,(H,37,41)(H,38,42). The Morgan fingerprint density at radius 3 is 2.37 bits per heavy atom. The first-order valence-corrected chi connectivity index (χ1v) is 13.7. The third-order valence-electron chi connectivity index (χ3n) is 7.32. The molecule has 2 aliphatic rings. The molecule has 0 radical (unpaired) electrons. The maximum Gasteiger partial charge on any atom is 0.586 e. The summed E-state index contributed by atoms with van der Waals surface area (Å²) in [5.74, 6) is -5.43. The third kappa shape index (κ3) is 6.80. The number of aliphatic hydroxyl groups excluding tert-OH is 1. The molecule has 2 heterocycles. The highest BCUT2D eigenvalue weighted by Gasteiger charge is 2.44. The topological polar surface area (TPSA) is 126 Å². The molecule has 244 valence electrons. The quantitative estimate of drug-likeness (QED) is 0.287. The zero-order valence-electron chi connectivity index (χ0n) is 23.8. The number of nitrogens with one attached hydrogen (secondary N) is 2. The molecule has 0 aromatic heterocycles. The molecule has 10 nitrogen and oxygen atoms in total. The fourth-order valence-corrected chi connectivity index (χ4v) is 5.10. The second kappa shape index (κ2) is 12.4. The minimum Gasteiger partial charge on any atom is -0.496 e. The lowest BCUT2D eigenvalue weighted by Crippen LogP contribution is -2.41. The zero-order chi connectivity index (χ0) is 33.4. The number of hydrogen-bond donors (Lipinski definition) is 3. The van der Waals surface area contributed by atoms with Crippen LogP contribution in [0.25, 0.3) is 0 Å². The molecule has 0 aliphatic carbocycles.